The van der Waals surface area contributed by atoms with Crippen molar-refractivity contribution in [3.63, 3.8) is 0 Å². The molecule has 2 aromatic heterocycles. The maximum absolute atomic E-state index is 15.8. The molecular weight excluding hydrogens is 732 g/mol. The van der Waals surface area contributed by atoms with Crippen molar-refractivity contribution in [2.24, 2.45) is 16.1 Å². The van der Waals surface area contributed by atoms with Crippen LogP contribution in [0.4, 0.5) is 31.1 Å². The van der Waals surface area contributed by atoms with Gasteiger partial charge >= 0.3 is 12.3 Å². The van der Waals surface area contributed by atoms with E-state index in [1.54, 1.807) is 11.4 Å². The number of aliphatic imine (C=N–C) groups is 1. The van der Waals surface area contributed by atoms with Gasteiger partial charge in [-0.3, -0.25) is 14.7 Å². The van der Waals surface area contributed by atoms with Gasteiger partial charge in [-0.2, -0.15) is 18.3 Å². The molecule has 2 aromatic carbocycles. The first-order valence-electron chi connectivity index (χ1n) is 15.9. The van der Waals surface area contributed by atoms with Gasteiger partial charge < -0.3 is 15.8 Å². The minimum Gasteiger partial charge on any atom is -0.447 e. The van der Waals surface area contributed by atoms with Crippen LogP contribution in [0.1, 0.15) is 75.3 Å². The molecule has 0 radical (unpaired) electrons. The number of nitrogens with zero attached hydrogens (tertiary/aromatic N) is 7. The average Bonchev–Trinajstić information content (AvgIpc) is 3.56. The van der Waals surface area contributed by atoms with Crippen molar-refractivity contribution in [2.75, 3.05) is 13.2 Å². The predicted octanol–water partition coefficient (Wildman–Crippen LogP) is 7.46. The minimum absolute atomic E-state index is 0.0000307. The molecule has 3 N–H and O–H groups in total. The van der Waals surface area contributed by atoms with Gasteiger partial charge in [0.2, 0.25) is 0 Å². The molecule has 0 unspecified atom stereocenters. The van der Waals surface area contributed by atoms with Crippen LogP contribution in [0.5, 0.6) is 0 Å². The number of carbonyl (C=O) groups is 2. The first-order chi connectivity index (χ1) is 24.7. The van der Waals surface area contributed by atoms with Crippen LogP contribution in [0.2, 0.25) is 5.02 Å². The summed E-state index contributed by atoms with van der Waals surface area (Å²) in [6.45, 7) is 6.39. The summed E-state index contributed by atoms with van der Waals surface area (Å²) in [5.74, 6) is -3.24. The lowest BCUT2D eigenvalue weighted by Gasteiger charge is -2.33. The molecule has 0 saturated heterocycles. The first-order valence-corrected chi connectivity index (χ1v) is 16.3. The van der Waals surface area contributed by atoms with E-state index in [2.05, 4.69) is 25.0 Å². The molecule has 0 aliphatic carbocycles. The number of hydrogen-bond acceptors (Lipinski definition) is 8. The third-order valence-corrected chi connectivity index (χ3v) is 8.10. The van der Waals surface area contributed by atoms with Gasteiger partial charge in [0.1, 0.15) is 24.3 Å². The van der Waals surface area contributed by atoms with E-state index in [0.717, 1.165) is 28.0 Å². The Balaban J connectivity index is 1.87. The highest BCUT2D eigenvalue weighted by Crippen LogP contribution is 2.33. The number of nitrogens with one attached hydrogen (secondary N) is 1. The second kappa shape index (κ2) is 16.2. The summed E-state index contributed by atoms with van der Waals surface area (Å²) in [5, 5.41) is 5.46. The second-order valence-corrected chi connectivity index (χ2v) is 13.8. The number of ether oxygens (including phenoxy) is 1. The van der Waals surface area contributed by atoms with Crippen molar-refractivity contribution in [1.29, 1.82) is 0 Å². The van der Waals surface area contributed by atoms with Crippen LogP contribution in [-0.2, 0) is 4.74 Å². The molecule has 0 saturated carbocycles. The summed E-state index contributed by atoms with van der Waals surface area (Å²) in [4.78, 5) is 44.1. The maximum Gasteiger partial charge on any atom is 0.411 e. The topological polar surface area (TPSA) is 154 Å². The number of aromatic nitrogens is 5. The third-order valence-electron chi connectivity index (χ3n) is 7.78. The second-order valence-electron chi connectivity index (χ2n) is 13.4. The summed E-state index contributed by atoms with van der Waals surface area (Å²) < 4.78 is 90.2. The van der Waals surface area contributed by atoms with Gasteiger partial charge in [0, 0.05) is 24.5 Å². The number of carbonyl (C=O) groups excluding carboxylic acids is 2. The van der Waals surface area contributed by atoms with Gasteiger partial charge in [0.05, 0.1) is 22.3 Å². The Bertz CT molecular complexity index is 1950. The van der Waals surface area contributed by atoms with Gasteiger partial charge in [0.15, 0.2) is 17.6 Å². The number of alkyl halides is 5. The van der Waals surface area contributed by atoms with Gasteiger partial charge in [-0.05, 0) is 61.6 Å². The lowest BCUT2D eigenvalue weighted by molar-refractivity contribution is -0.183. The summed E-state index contributed by atoms with van der Waals surface area (Å²) in [5.41, 5.74) is 3.01. The molecule has 0 aliphatic heterocycles. The van der Waals surface area contributed by atoms with Crippen LogP contribution in [0.3, 0.4) is 0 Å². The number of guanidine groups is 1. The molecular formula is C34H36ClF6N9O3. The van der Waals surface area contributed by atoms with E-state index in [4.69, 9.17) is 22.1 Å². The number of benzene rings is 2. The highest BCUT2D eigenvalue weighted by atomic mass is 35.5. The molecule has 1 atom stereocenters. The minimum atomic E-state index is -4.88. The largest absolute Gasteiger partial charge is 0.447 e. The molecule has 284 valence electrons. The number of hydrogen-bond donors (Lipinski definition) is 2. The standard InChI is InChI=1S/C34H36ClF6N9O3/c1-32(2,3)11-14-45-30(42)49(29(51)21-9-7-20(15-23(21)36)27-43-12-6-13-44-27)25(17-53-31(52)48-33(4,5)34(39,40)41)19-8-10-22(35)24(16-19)50-28(26(37)38)46-18-47-50/h6-10,12-13,15-16,18,25-26H,11,14,17H2,1-5H3,(H2,42,45)(H,48,52)/t25-/m1/s1. The monoisotopic (exact) mass is 767 g/mol. The highest BCUT2D eigenvalue weighted by Gasteiger charge is 2.49. The zero-order chi connectivity index (χ0) is 39.3. The molecule has 4 aromatic rings. The number of rotatable bonds is 11. The molecule has 19 heteroatoms. The molecule has 0 bridgehead atoms. The van der Waals surface area contributed by atoms with Crippen molar-refractivity contribution in [3.8, 4) is 17.1 Å². The van der Waals surface area contributed by atoms with E-state index in [9.17, 15) is 31.5 Å². The van der Waals surface area contributed by atoms with Crippen molar-refractivity contribution < 1.29 is 40.7 Å². The van der Waals surface area contributed by atoms with E-state index in [1.165, 1.54) is 36.7 Å². The number of halogens is 7. The summed E-state index contributed by atoms with van der Waals surface area (Å²) in [6.07, 6.45) is -5.28. The lowest BCUT2D eigenvalue weighted by Crippen LogP contribution is -2.54. The van der Waals surface area contributed by atoms with Crippen LogP contribution in [-0.4, -0.2) is 72.5 Å². The summed E-state index contributed by atoms with van der Waals surface area (Å²) in [6, 6.07) is 7.33. The predicted molar refractivity (Wildman–Crippen MR) is 183 cm³/mol. The third kappa shape index (κ3) is 10.00. The lowest BCUT2D eigenvalue weighted by atomic mass is 9.92. The Kier molecular flexibility index (Phi) is 12.4. The van der Waals surface area contributed by atoms with Crippen molar-refractivity contribution >= 4 is 29.6 Å². The molecule has 0 fully saturated rings. The molecule has 0 spiro atoms. The van der Waals surface area contributed by atoms with E-state index in [1.807, 2.05) is 20.8 Å². The average molecular weight is 768 g/mol. The van der Waals surface area contributed by atoms with Crippen LogP contribution in [0.15, 0.2) is 66.2 Å². The SMILES string of the molecule is CC(C)(C)CCN=C(N)N(C(=O)c1ccc(-c2ncccn2)cc1F)[C@H](COC(=O)NC(C)(C)C(F)(F)F)c1ccc(Cl)c(-n2ncnc2C(F)F)c1. The molecule has 0 aliphatic rings. The quantitative estimate of drug-likeness (QED) is 0.0907. The van der Waals surface area contributed by atoms with E-state index >= 15 is 4.39 Å². The Morgan fingerprint density at radius 2 is 1.72 bits per heavy atom. The van der Waals surface area contributed by atoms with Crippen LogP contribution in [0.25, 0.3) is 17.1 Å². The zero-order valence-corrected chi connectivity index (χ0v) is 29.9. The van der Waals surface area contributed by atoms with Gasteiger partial charge in [-0.15, -0.1) is 0 Å². The van der Waals surface area contributed by atoms with Gasteiger partial charge in [0.25, 0.3) is 12.3 Å². The number of alkyl carbamates (subject to hydrolysis) is 1. The smallest absolute Gasteiger partial charge is 0.411 e. The summed E-state index contributed by atoms with van der Waals surface area (Å²) >= 11 is 6.39. The Morgan fingerprint density at radius 1 is 1.04 bits per heavy atom. The van der Waals surface area contributed by atoms with Gasteiger partial charge in [-0.25, -0.2) is 37.6 Å². The van der Waals surface area contributed by atoms with E-state index in [0.29, 0.717) is 20.3 Å². The van der Waals surface area contributed by atoms with Crippen molar-refractivity contribution in [2.45, 2.75) is 65.2 Å². The van der Waals surface area contributed by atoms with E-state index in [-0.39, 0.29) is 39.6 Å². The van der Waals surface area contributed by atoms with E-state index < -0.39 is 66.0 Å². The normalized spacial score (nSPS) is 13.2. The maximum atomic E-state index is 15.8. The van der Waals surface area contributed by atoms with Gasteiger partial charge in [-0.1, -0.05) is 44.5 Å². The van der Waals surface area contributed by atoms with Crippen LogP contribution >= 0.6 is 11.6 Å². The fraction of sp³-hybridized carbons (Fsp3) is 0.382. The van der Waals surface area contributed by atoms with Crippen molar-refractivity contribution in [1.82, 2.24) is 34.9 Å². The van der Waals surface area contributed by atoms with Crippen LogP contribution in [0, 0.1) is 11.2 Å². The van der Waals surface area contributed by atoms with Crippen molar-refractivity contribution in [3.05, 3.63) is 89.0 Å². The highest BCUT2D eigenvalue weighted by molar-refractivity contribution is 6.32. The Hall–Kier alpha value is -5.26. The molecule has 2 amide bonds. The Labute approximate surface area is 305 Å². The number of amides is 2. The number of nitrogens with two attached hydrogens (primary N) is 1. The fourth-order valence-corrected chi connectivity index (χ4v) is 4.91. The zero-order valence-electron chi connectivity index (χ0n) is 29.1. The fourth-order valence-electron chi connectivity index (χ4n) is 4.71. The first kappa shape index (κ1) is 40.5. The Morgan fingerprint density at radius 3 is 2.32 bits per heavy atom. The molecule has 2 heterocycles. The summed E-state index contributed by atoms with van der Waals surface area (Å²) in [7, 11) is 0. The molecule has 53 heavy (non-hydrogen) atoms. The molecule has 12 nitrogen and oxygen atoms in total. The van der Waals surface area contributed by atoms with Crippen LogP contribution < -0.4 is 11.1 Å². The molecule has 4 rings (SSSR count).